The second-order valence-corrected chi connectivity index (χ2v) is 15.4. The third-order valence-corrected chi connectivity index (χ3v) is 11.8. The highest BCUT2D eigenvalue weighted by Gasteiger charge is 2.19. The molecule has 0 fully saturated rings. The van der Waals surface area contributed by atoms with Crippen LogP contribution in [-0.2, 0) is 0 Å². The summed E-state index contributed by atoms with van der Waals surface area (Å²) in [7, 11) is 0. The van der Waals surface area contributed by atoms with Gasteiger partial charge in [-0.15, -0.1) is 0 Å². The first-order chi connectivity index (χ1) is 31.2. The minimum absolute atomic E-state index is 1.13. The first kappa shape index (κ1) is 40.7. The molecule has 0 aliphatic heterocycles. The summed E-state index contributed by atoms with van der Waals surface area (Å²) in [5, 5.41) is 7.47. The molecule has 306 valence electrons. The van der Waals surface area contributed by atoms with Crippen molar-refractivity contribution in [1.29, 1.82) is 0 Å². The number of nitrogens with zero attached hydrogens (tertiary/aromatic N) is 2. The van der Waals surface area contributed by atoms with Crippen LogP contribution < -0.4 is 4.90 Å². The Hall–Kier alpha value is -7.68. The Kier molecular flexibility index (Phi) is 11.7. The van der Waals surface area contributed by atoms with Crippen molar-refractivity contribution in [3.8, 4) is 39.1 Å². The molecule has 1 aromatic heterocycles. The smallest absolute Gasteiger partial charge is 0.0542 e. The van der Waals surface area contributed by atoms with Crippen LogP contribution in [0.4, 0.5) is 17.1 Å². The van der Waals surface area contributed by atoms with E-state index in [-0.39, 0.29) is 0 Å². The summed E-state index contributed by atoms with van der Waals surface area (Å²) in [6.45, 7) is 10.2. The second kappa shape index (κ2) is 18.1. The summed E-state index contributed by atoms with van der Waals surface area (Å²) in [4.78, 5) is 2.35. The lowest BCUT2D eigenvalue weighted by Gasteiger charge is -2.26. The Morgan fingerprint density at radius 1 is 0.302 bits per heavy atom. The molecule has 63 heavy (non-hydrogen) atoms. The van der Waals surface area contributed by atoms with Gasteiger partial charge in [0.15, 0.2) is 0 Å². The molecule has 10 aromatic carbocycles. The SMILES string of the molecule is CC.CC.Cc1cccc(N(c2ccccc2)c2ccc3c(c2)c2ccccc2n3-c2ccc(-c3c4ccccc4c(-c4ccc(-c5ccccc5)cc4)c4ccccc34)cc2)c1. The first-order valence-corrected chi connectivity index (χ1v) is 22.3. The van der Waals surface area contributed by atoms with Gasteiger partial charge < -0.3 is 9.47 Å². The van der Waals surface area contributed by atoms with Crippen molar-refractivity contribution in [1.82, 2.24) is 4.57 Å². The maximum absolute atomic E-state index is 2.41. The quantitative estimate of drug-likeness (QED) is 0.146. The number of benzene rings is 10. The number of hydrogen-bond donors (Lipinski definition) is 0. The van der Waals surface area contributed by atoms with E-state index in [2.05, 4.69) is 241 Å². The van der Waals surface area contributed by atoms with Crippen LogP contribution in [0.1, 0.15) is 33.3 Å². The Morgan fingerprint density at radius 3 is 1.30 bits per heavy atom. The van der Waals surface area contributed by atoms with E-state index in [9.17, 15) is 0 Å². The number of fused-ring (bicyclic) bond motifs is 5. The van der Waals surface area contributed by atoms with Gasteiger partial charge >= 0.3 is 0 Å². The average Bonchev–Trinajstić information content (AvgIpc) is 3.69. The molecule has 2 nitrogen and oxygen atoms in total. The molecule has 11 aromatic rings. The zero-order valence-electron chi connectivity index (χ0n) is 36.8. The van der Waals surface area contributed by atoms with E-state index in [4.69, 9.17) is 0 Å². The average molecular weight is 813 g/mol. The van der Waals surface area contributed by atoms with Gasteiger partial charge in [0.25, 0.3) is 0 Å². The van der Waals surface area contributed by atoms with Gasteiger partial charge in [-0.3, -0.25) is 0 Å². The molecule has 0 unspecified atom stereocenters. The van der Waals surface area contributed by atoms with E-state index < -0.39 is 0 Å². The number of hydrogen-bond acceptors (Lipinski definition) is 1. The summed E-state index contributed by atoms with van der Waals surface area (Å²) in [6, 6.07) is 81.7. The molecule has 0 amide bonds. The summed E-state index contributed by atoms with van der Waals surface area (Å²) < 4.78 is 2.41. The normalized spacial score (nSPS) is 10.9. The van der Waals surface area contributed by atoms with Crippen molar-refractivity contribution in [2.75, 3.05) is 4.90 Å². The second-order valence-electron chi connectivity index (χ2n) is 15.4. The van der Waals surface area contributed by atoms with Crippen LogP contribution >= 0.6 is 0 Å². The molecular formula is C61H52N2. The number of rotatable bonds is 7. The van der Waals surface area contributed by atoms with Crippen molar-refractivity contribution in [3.63, 3.8) is 0 Å². The number of anilines is 3. The highest BCUT2D eigenvalue weighted by molar-refractivity contribution is 6.21. The molecular weight excluding hydrogens is 761 g/mol. The Labute approximate surface area is 372 Å². The molecule has 0 atom stereocenters. The van der Waals surface area contributed by atoms with Crippen molar-refractivity contribution in [2.45, 2.75) is 34.6 Å². The van der Waals surface area contributed by atoms with Crippen LogP contribution in [0.3, 0.4) is 0 Å². The molecule has 1 heterocycles. The molecule has 0 saturated carbocycles. The predicted molar refractivity (Wildman–Crippen MR) is 274 cm³/mol. The number of aromatic nitrogens is 1. The van der Waals surface area contributed by atoms with E-state index >= 15 is 0 Å². The minimum atomic E-state index is 1.13. The molecule has 0 aliphatic carbocycles. The minimum Gasteiger partial charge on any atom is -0.310 e. The fourth-order valence-electron chi connectivity index (χ4n) is 9.16. The lowest BCUT2D eigenvalue weighted by Crippen LogP contribution is -2.09. The molecule has 0 aliphatic rings. The van der Waals surface area contributed by atoms with Crippen LogP contribution in [0, 0.1) is 6.92 Å². The van der Waals surface area contributed by atoms with Crippen molar-refractivity contribution >= 4 is 60.4 Å². The van der Waals surface area contributed by atoms with E-state index in [1.807, 2.05) is 27.7 Å². The Morgan fingerprint density at radius 2 is 0.730 bits per heavy atom. The summed E-state index contributed by atoms with van der Waals surface area (Å²) in [5.41, 5.74) is 15.5. The van der Waals surface area contributed by atoms with Gasteiger partial charge in [0.05, 0.1) is 11.0 Å². The van der Waals surface area contributed by atoms with Crippen LogP contribution in [0.2, 0.25) is 0 Å². The summed E-state index contributed by atoms with van der Waals surface area (Å²) in [6.07, 6.45) is 0. The van der Waals surface area contributed by atoms with Crippen molar-refractivity contribution < 1.29 is 0 Å². The maximum atomic E-state index is 2.41. The highest BCUT2D eigenvalue weighted by Crippen LogP contribution is 2.45. The Balaban J connectivity index is 0.00000123. The van der Waals surface area contributed by atoms with Gasteiger partial charge in [-0.05, 0) is 128 Å². The highest BCUT2D eigenvalue weighted by atomic mass is 15.1. The fourth-order valence-corrected chi connectivity index (χ4v) is 9.16. The fraction of sp³-hybridized carbons (Fsp3) is 0.0820. The van der Waals surface area contributed by atoms with Crippen LogP contribution in [-0.4, -0.2) is 4.57 Å². The largest absolute Gasteiger partial charge is 0.310 e. The molecule has 0 N–H and O–H groups in total. The molecule has 0 radical (unpaired) electrons. The standard InChI is InChI=1S/C57H40N2.2C2H6/c1-39-15-14-20-46(37-39)58(44-18-6-3-7-19-44)47-35-36-55-53(38-47)48-21-12-13-26-54(48)59(55)45-33-31-43(32-34-45)57-51-24-10-8-22-49(51)56(50-23-9-11-25-52(50)57)42-29-27-41(28-30-42)40-16-4-2-5-17-40;2*1-2/h2-38H,1H3;2*1-2H3. The monoisotopic (exact) mass is 812 g/mol. The van der Waals surface area contributed by atoms with Gasteiger partial charge in [0, 0.05) is 33.5 Å². The molecule has 11 rings (SSSR count). The topological polar surface area (TPSA) is 8.17 Å². The third-order valence-electron chi connectivity index (χ3n) is 11.8. The van der Waals surface area contributed by atoms with Crippen molar-refractivity contribution in [3.05, 3.63) is 230 Å². The lowest BCUT2D eigenvalue weighted by atomic mass is 9.85. The van der Waals surface area contributed by atoms with Gasteiger partial charge in [-0.2, -0.15) is 0 Å². The zero-order valence-corrected chi connectivity index (χ0v) is 36.8. The van der Waals surface area contributed by atoms with E-state index in [0.29, 0.717) is 0 Å². The van der Waals surface area contributed by atoms with Gasteiger partial charge in [0.2, 0.25) is 0 Å². The maximum Gasteiger partial charge on any atom is 0.0542 e. The number of para-hydroxylation sites is 2. The van der Waals surface area contributed by atoms with Gasteiger partial charge in [-0.25, -0.2) is 0 Å². The summed E-state index contributed by atoms with van der Waals surface area (Å²) in [5.74, 6) is 0. The van der Waals surface area contributed by atoms with E-state index in [0.717, 1.165) is 22.7 Å². The Bertz CT molecular complexity index is 3250. The van der Waals surface area contributed by atoms with E-state index in [1.165, 1.54) is 82.3 Å². The third kappa shape index (κ3) is 7.55. The first-order valence-electron chi connectivity index (χ1n) is 22.3. The molecule has 0 spiro atoms. The van der Waals surface area contributed by atoms with Crippen LogP contribution in [0.5, 0.6) is 0 Å². The van der Waals surface area contributed by atoms with Gasteiger partial charge in [0.1, 0.15) is 0 Å². The summed E-state index contributed by atoms with van der Waals surface area (Å²) >= 11 is 0. The molecule has 0 bridgehead atoms. The predicted octanol–water partition coefficient (Wildman–Crippen LogP) is 17.9. The van der Waals surface area contributed by atoms with Crippen LogP contribution in [0.25, 0.3) is 82.4 Å². The zero-order chi connectivity index (χ0) is 43.3. The van der Waals surface area contributed by atoms with Crippen molar-refractivity contribution in [2.24, 2.45) is 0 Å². The number of aryl methyl sites for hydroxylation is 1. The molecule has 2 heteroatoms. The van der Waals surface area contributed by atoms with Gasteiger partial charge in [-0.1, -0.05) is 191 Å². The van der Waals surface area contributed by atoms with E-state index in [1.54, 1.807) is 0 Å². The van der Waals surface area contributed by atoms with Crippen LogP contribution in [0.15, 0.2) is 224 Å². The lowest BCUT2D eigenvalue weighted by molar-refractivity contribution is 1.18. The molecule has 0 saturated heterocycles.